The van der Waals surface area contributed by atoms with Gasteiger partial charge in [-0.2, -0.15) is 0 Å². The van der Waals surface area contributed by atoms with Crippen LogP contribution in [0.3, 0.4) is 0 Å². The van der Waals surface area contributed by atoms with Crippen LogP contribution in [0.15, 0.2) is 42.5 Å². The molecular formula is C25H30F2N2O3. The third-order valence-electron chi connectivity index (χ3n) is 5.70. The minimum absolute atomic E-state index is 0.0725. The molecule has 172 valence electrons. The van der Waals surface area contributed by atoms with Gasteiger partial charge in [0.25, 0.3) is 5.91 Å². The number of carbonyl (C=O) groups excluding carboxylic acids is 2. The molecule has 7 heteroatoms. The molecule has 1 heterocycles. The van der Waals surface area contributed by atoms with E-state index < -0.39 is 17.5 Å². The molecule has 0 unspecified atom stereocenters. The smallest absolute Gasteiger partial charge is 0.256 e. The first-order valence-corrected chi connectivity index (χ1v) is 10.9. The molecule has 0 atom stereocenters. The van der Waals surface area contributed by atoms with Gasteiger partial charge in [0.1, 0.15) is 24.0 Å². The van der Waals surface area contributed by atoms with E-state index in [1.165, 1.54) is 10.5 Å². The van der Waals surface area contributed by atoms with Crippen LogP contribution >= 0.6 is 0 Å². The first kappa shape index (κ1) is 23.7. The van der Waals surface area contributed by atoms with E-state index in [9.17, 15) is 18.4 Å². The van der Waals surface area contributed by atoms with Gasteiger partial charge < -0.3 is 15.0 Å². The van der Waals surface area contributed by atoms with Gasteiger partial charge in [-0.3, -0.25) is 9.59 Å². The average Bonchev–Trinajstić information content (AvgIpc) is 2.76. The number of halogens is 2. The topological polar surface area (TPSA) is 58.6 Å². The van der Waals surface area contributed by atoms with Crippen molar-refractivity contribution < 1.29 is 23.1 Å². The molecule has 1 aliphatic rings. The fourth-order valence-corrected chi connectivity index (χ4v) is 3.72. The first-order valence-electron chi connectivity index (χ1n) is 10.9. The number of piperidine rings is 1. The molecule has 0 aromatic heterocycles. The number of ether oxygens (including phenoxy) is 1. The minimum atomic E-state index is -0.872. The lowest BCUT2D eigenvalue weighted by Gasteiger charge is -2.31. The van der Waals surface area contributed by atoms with Crippen molar-refractivity contribution in [1.29, 1.82) is 0 Å². The SMILES string of the molecule is CC(C)(C)c1ccc(OCCNC(=O)C2CCN(C(=O)c3ccc(F)cc3F)CC2)cc1. The zero-order valence-electron chi connectivity index (χ0n) is 18.8. The maximum Gasteiger partial charge on any atom is 0.256 e. The van der Waals surface area contributed by atoms with E-state index in [0.29, 0.717) is 45.1 Å². The van der Waals surface area contributed by atoms with Crippen molar-refractivity contribution in [3.05, 3.63) is 65.2 Å². The van der Waals surface area contributed by atoms with Gasteiger partial charge >= 0.3 is 0 Å². The highest BCUT2D eigenvalue weighted by Gasteiger charge is 2.28. The van der Waals surface area contributed by atoms with E-state index in [1.807, 2.05) is 24.3 Å². The highest BCUT2D eigenvalue weighted by atomic mass is 19.1. The summed E-state index contributed by atoms with van der Waals surface area (Å²) in [5.41, 5.74) is 1.16. The summed E-state index contributed by atoms with van der Waals surface area (Å²) in [5.74, 6) is -1.59. The van der Waals surface area contributed by atoms with E-state index >= 15 is 0 Å². The van der Waals surface area contributed by atoms with Crippen molar-refractivity contribution in [2.45, 2.75) is 39.0 Å². The molecule has 0 aliphatic carbocycles. The number of benzene rings is 2. The Bertz CT molecular complexity index is 947. The van der Waals surface area contributed by atoms with Gasteiger partial charge in [0.15, 0.2) is 0 Å². The van der Waals surface area contributed by atoms with Crippen LogP contribution in [0.2, 0.25) is 0 Å². The van der Waals surface area contributed by atoms with Crippen LogP contribution in [0, 0.1) is 17.6 Å². The lowest BCUT2D eigenvalue weighted by Crippen LogP contribution is -2.43. The van der Waals surface area contributed by atoms with E-state index in [2.05, 4.69) is 26.1 Å². The summed E-state index contributed by atoms with van der Waals surface area (Å²) in [6, 6.07) is 10.9. The summed E-state index contributed by atoms with van der Waals surface area (Å²) in [7, 11) is 0. The Morgan fingerprint density at radius 3 is 2.31 bits per heavy atom. The van der Waals surface area contributed by atoms with Gasteiger partial charge in [-0.1, -0.05) is 32.9 Å². The second-order valence-corrected chi connectivity index (χ2v) is 9.10. The van der Waals surface area contributed by atoms with Crippen molar-refractivity contribution in [2.75, 3.05) is 26.2 Å². The summed E-state index contributed by atoms with van der Waals surface area (Å²) in [6.45, 7) is 7.91. The number of hydrogen-bond donors (Lipinski definition) is 1. The summed E-state index contributed by atoms with van der Waals surface area (Å²) in [4.78, 5) is 26.4. The molecule has 2 aromatic rings. The zero-order valence-corrected chi connectivity index (χ0v) is 18.8. The Hall–Kier alpha value is -2.96. The molecule has 2 amide bonds. The second-order valence-electron chi connectivity index (χ2n) is 9.10. The third kappa shape index (κ3) is 6.05. The summed E-state index contributed by atoms with van der Waals surface area (Å²) >= 11 is 0. The van der Waals surface area contributed by atoms with Gasteiger partial charge in [0.05, 0.1) is 12.1 Å². The number of nitrogens with zero attached hydrogens (tertiary/aromatic N) is 1. The Kier molecular flexibility index (Phi) is 7.48. The van der Waals surface area contributed by atoms with Crippen LogP contribution < -0.4 is 10.1 Å². The number of nitrogens with one attached hydrogen (secondary N) is 1. The van der Waals surface area contributed by atoms with Gasteiger partial charge in [0.2, 0.25) is 5.91 Å². The number of carbonyl (C=O) groups is 2. The van der Waals surface area contributed by atoms with E-state index in [1.54, 1.807) is 0 Å². The Morgan fingerprint density at radius 2 is 1.72 bits per heavy atom. The van der Waals surface area contributed by atoms with Gasteiger partial charge in [-0.05, 0) is 48.1 Å². The molecular weight excluding hydrogens is 414 g/mol. The Morgan fingerprint density at radius 1 is 1.06 bits per heavy atom. The van der Waals surface area contributed by atoms with E-state index in [0.717, 1.165) is 17.9 Å². The van der Waals surface area contributed by atoms with Gasteiger partial charge in [-0.25, -0.2) is 8.78 Å². The number of hydrogen-bond acceptors (Lipinski definition) is 3. The zero-order chi connectivity index (χ0) is 23.3. The highest BCUT2D eigenvalue weighted by molar-refractivity contribution is 5.94. The molecule has 1 fully saturated rings. The van der Waals surface area contributed by atoms with Crippen molar-refractivity contribution in [2.24, 2.45) is 5.92 Å². The van der Waals surface area contributed by atoms with Gasteiger partial charge in [0, 0.05) is 25.1 Å². The average molecular weight is 445 g/mol. The predicted molar refractivity (Wildman–Crippen MR) is 119 cm³/mol. The van der Waals surface area contributed by atoms with Crippen LogP contribution in [0.25, 0.3) is 0 Å². The van der Waals surface area contributed by atoms with Crippen molar-refractivity contribution in [3.63, 3.8) is 0 Å². The molecule has 5 nitrogen and oxygen atoms in total. The monoisotopic (exact) mass is 444 g/mol. The van der Waals surface area contributed by atoms with Crippen LogP contribution in [0.5, 0.6) is 5.75 Å². The Labute approximate surface area is 187 Å². The molecule has 3 rings (SSSR count). The molecule has 1 aliphatic heterocycles. The van der Waals surface area contributed by atoms with Crippen LogP contribution in [0.1, 0.15) is 49.5 Å². The normalized spacial score (nSPS) is 14.8. The first-order chi connectivity index (χ1) is 15.1. The largest absolute Gasteiger partial charge is 0.492 e. The maximum atomic E-state index is 13.9. The van der Waals surface area contributed by atoms with Crippen molar-refractivity contribution in [3.8, 4) is 5.75 Å². The molecule has 0 saturated carbocycles. The predicted octanol–water partition coefficient (Wildman–Crippen LogP) is 4.31. The van der Waals surface area contributed by atoms with E-state index in [4.69, 9.17) is 4.74 Å². The molecule has 0 radical (unpaired) electrons. The third-order valence-corrected chi connectivity index (χ3v) is 5.70. The summed E-state index contributed by atoms with van der Waals surface area (Å²) < 4.78 is 32.6. The second kappa shape index (κ2) is 10.1. The molecule has 2 aromatic carbocycles. The molecule has 32 heavy (non-hydrogen) atoms. The maximum absolute atomic E-state index is 13.9. The number of amides is 2. The molecule has 1 N–H and O–H groups in total. The molecule has 1 saturated heterocycles. The summed E-state index contributed by atoms with van der Waals surface area (Å²) in [6.07, 6.45) is 0.991. The quantitative estimate of drug-likeness (QED) is 0.676. The number of likely N-dealkylation sites (tertiary alicyclic amines) is 1. The fourth-order valence-electron chi connectivity index (χ4n) is 3.72. The lowest BCUT2D eigenvalue weighted by atomic mass is 9.87. The van der Waals surface area contributed by atoms with Crippen LogP contribution in [0.4, 0.5) is 8.78 Å². The standard InChI is InChI=1S/C25H30F2N2O3/c1-25(2,3)18-4-7-20(8-5-18)32-15-12-28-23(30)17-10-13-29(14-11-17)24(31)21-9-6-19(26)16-22(21)27/h4-9,16-17H,10-15H2,1-3H3,(H,28,30). The lowest BCUT2D eigenvalue weighted by molar-refractivity contribution is -0.126. The molecule has 0 bridgehead atoms. The van der Waals surface area contributed by atoms with Crippen LogP contribution in [-0.2, 0) is 10.2 Å². The van der Waals surface area contributed by atoms with E-state index in [-0.39, 0.29) is 22.8 Å². The highest BCUT2D eigenvalue weighted by Crippen LogP contribution is 2.24. The van der Waals surface area contributed by atoms with Crippen LogP contribution in [-0.4, -0.2) is 43.0 Å². The van der Waals surface area contributed by atoms with Gasteiger partial charge in [-0.15, -0.1) is 0 Å². The fraction of sp³-hybridized carbons (Fsp3) is 0.440. The molecule has 0 spiro atoms. The van der Waals surface area contributed by atoms with Crippen molar-refractivity contribution >= 4 is 11.8 Å². The summed E-state index contributed by atoms with van der Waals surface area (Å²) in [5, 5.41) is 2.88. The Balaban J connectivity index is 1.39. The van der Waals surface area contributed by atoms with Crippen molar-refractivity contribution in [1.82, 2.24) is 10.2 Å². The minimum Gasteiger partial charge on any atom is -0.492 e. The number of rotatable bonds is 6.